The molecule has 0 spiro atoms. The molecule has 2 aliphatic heterocycles. The Bertz CT molecular complexity index is 542. The lowest BCUT2D eigenvalue weighted by Crippen LogP contribution is -2.68. The van der Waals surface area contributed by atoms with Gasteiger partial charge in [0.05, 0.1) is 5.92 Å². The normalized spacial score (nSPS) is 30.2. The van der Waals surface area contributed by atoms with Crippen molar-refractivity contribution in [3.05, 3.63) is 34.9 Å². The summed E-state index contributed by atoms with van der Waals surface area (Å²) in [5.74, 6) is 0.0787. The minimum Gasteiger partial charge on any atom is -0.328 e. The third kappa shape index (κ3) is 4.04. The van der Waals surface area contributed by atoms with Crippen LogP contribution in [0.4, 0.5) is 0 Å². The monoisotopic (exact) mass is 336 g/mol. The Balaban J connectivity index is 1.60. The van der Waals surface area contributed by atoms with E-state index in [9.17, 15) is 4.79 Å². The van der Waals surface area contributed by atoms with Gasteiger partial charge in [0, 0.05) is 37.2 Å². The fraction of sp³-hybridized carbons (Fsp3) is 0.588. The number of nitrogens with zero attached hydrogens (tertiary/aromatic N) is 2. The maximum absolute atomic E-state index is 12.6. The molecule has 0 aliphatic carbocycles. The number of carbonyl (C=O) groups excluding carboxylic acids is 1. The first-order chi connectivity index (χ1) is 11.0. The first-order valence-corrected chi connectivity index (χ1v) is 8.64. The Labute approximate surface area is 143 Å². The van der Waals surface area contributed by atoms with Crippen molar-refractivity contribution >= 4 is 17.5 Å². The van der Waals surface area contributed by atoms with Crippen molar-refractivity contribution in [3.8, 4) is 0 Å². The van der Waals surface area contributed by atoms with Crippen molar-refractivity contribution in [2.24, 2.45) is 5.92 Å². The van der Waals surface area contributed by atoms with Crippen LogP contribution in [0.1, 0.15) is 12.5 Å². The number of nitrogens with one attached hydrogen (secondary N) is 2. The summed E-state index contributed by atoms with van der Waals surface area (Å²) in [6.45, 7) is 6.13. The van der Waals surface area contributed by atoms with Crippen LogP contribution in [0.2, 0.25) is 5.02 Å². The van der Waals surface area contributed by atoms with Gasteiger partial charge in [-0.1, -0.05) is 23.7 Å². The molecule has 1 aromatic rings. The van der Waals surface area contributed by atoms with Crippen LogP contribution in [0.5, 0.6) is 0 Å². The predicted octanol–water partition coefficient (Wildman–Crippen LogP) is 1.14. The van der Waals surface area contributed by atoms with E-state index in [2.05, 4.69) is 34.4 Å². The topological polar surface area (TPSA) is 47.6 Å². The number of likely N-dealkylation sites (N-methyl/N-ethyl adjacent to an activating group) is 1. The maximum Gasteiger partial charge on any atom is 0.227 e. The number of amides is 1. The summed E-state index contributed by atoms with van der Waals surface area (Å²) in [5.41, 5.74) is 1.14. The van der Waals surface area contributed by atoms with E-state index in [0.29, 0.717) is 0 Å². The van der Waals surface area contributed by atoms with Crippen molar-refractivity contribution in [2.45, 2.75) is 25.7 Å². The van der Waals surface area contributed by atoms with Gasteiger partial charge in [0.25, 0.3) is 0 Å². The van der Waals surface area contributed by atoms with E-state index in [0.717, 1.165) is 43.2 Å². The van der Waals surface area contributed by atoms with Crippen LogP contribution in [0.25, 0.3) is 0 Å². The van der Waals surface area contributed by atoms with Crippen molar-refractivity contribution < 1.29 is 4.79 Å². The minimum atomic E-state index is -0.0557. The van der Waals surface area contributed by atoms with Crippen LogP contribution in [-0.4, -0.2) is 61.3 Å². The Morgan fingerprint density at radius 2 is 1.83 bits per heavy atom. The van der Waals surface area contributed by atoms with Crippen molar-refractivity contribution in [1.82, 2.24) is 20.4 Å². The highest BCUT2D eigenvalue weighted by Crippen LogP contribution is 2.19. The molecule has 3 unspecified atom stereocenters. The maximum atomic E-state index is 12.6. The summed E-state index contributed by atoms with van der Waals surface area (Å²) < 4.78 is 0. The van der Waals surface area contributed by atoms with Crippen LogP contribution < -0.4 is 10.6 Å². The molecule has 2 fully saturated rings. The summed E-state index contributed by atoms with van der Waals surface area (Å²) in [6, 6.07) is 7.89. The smallest absolute Gasteiger partial charge is 0.227 e. The third-order valence-electron chi connectivity index (χ3n) is 4.91. The number of piperazine rings is 1. The number of benzene rings is 1. The lowest BCUT2D eigenvalue weighted by Gasteiger charge is -2.44. The lowest BCUT2D eigenvalue weighted by atomic mass is 9.90. The van der Waals surface area contributed by atoms with E-state index in [1.165, 1.54) is 0 Å². The van der Waals surface area contributed by atoms with E-state index in [4.69, 9.17) is 11.6 Å². The molecule has 0 aromatic heterocycles. The molecule has 2 saturated heterocycles. The second kappa shape index (κ2) is 7.18. The molecule has 0 radical (unpaired) electrons. The average Bonchev–Trinajstić information content (AvgIpc) is 2.53. The van der Waals surface area contributed by atoms with E-state index in [1.54, 1.807) is 0 Å². The molecule has 23 heavy (non-hydrogen) atoms. The van der Waals surface area contributed by atoms with Gasteiger partial charge in [-0.05, 0) is 38.1 Å². The zero-order chi connectivity index (χ0) is 16.4. The van der Waals surface area contributed by atoms with E-state index in [-0.39, 0.29) is 24.2 Å². The molecule has 1 aromatic carbocycles. The molecule has 6 heteroatoms. The highest BCUT2D eigenvalue weighted by molar-refractivity contribution is 6.30. The second-order valence-electron chi connectivity index (χ2n) is 6.64. The predicted molar refractivity (Wildman–Crippen MR) is 92.2 cm³/mol. The largest absolute Gasteiger partial charge is 0.328 e. The second-order valence-corrected chi connectivity index (χ2v) is 7.08. The number of carbonyl (C=O) groups is 1. The molecule has 0 saturated carbocycles. The van der Waals surface area contributed by atoms with E-state index in [1.807, 2.05) is 24.3 Å². The number of halogens is 1. The average molecular weight is 337 g/mol. The van der Waals surface area contributed by atoms with Crippen LogP contribution in [0.15, 0.2) is 24.3 Å². The summed E-state index contributed by atoms with van der Waals surface area (Å²) >= 11 is 5.93. The molecule has 2 aliphatic rings. The van der Waals surface area contributed by atoms with Gasteiger partial charge in [-0.25, -0.2) is 0 Å². The lowest BCUT2D eigenvalue weighted by molar-refractivity contribution is -0.132. The highest BCUT2D eigenvalue weighted by Gasteiger charge is 2.36. The molecular formula is C17H25ClN4O. The van der Waals surface area contributed by atoms with Crippen LogP contribution in [0.3, 0.4) is 0 Å². The molecular weight excluding hydrogens is 312 g/mol. The van der Waals surface area contributed by atoms with E-state index < -0.39 is 0 Å². The van der Waals surface area contributed by atoms with Gasteiger partial charge in [-0.3, -0.25) is 15.0 Å². The quantitative estimate of drug-likeness (QED) is 0.869. The van der Waals surface area contributed by atoms with Crippen molar-refractivity contribution in [1.29, 1.82) is 0 Å². The Hall–Kier alpha value is -1.14. The van der Waals surface area contributed by atoms with Gasteiger partial charge in [-0.2, -0.15) is 0 Å². The van der Waals surface area contributed by atoms with Crippen LogP contribution in [0, 0.1) is 5.92 Å². The van der Waals surface area contributed by atoms with Crippen molar-refractivity contribution in [3.63, 3.8) is 0 Å². The van der Waals surface area contributed by atoms with Gasteiger partial charge < -0.3 is 10.2 Å². The SMILES string of the molecule is CC1NC(N2CCN(C)CC2)NC(=O)C1Cc1ccc(Cl)cc1. The van der Waals surface area contributed by atoms with Gasteiger partial charge in [0.1, 0.15) is 6.29 Å². The van der Waals surface area contributed by atoms with Gasteiger partial charge >= 0.3 is 0 Å². The van der Waals surface area contributed by atoms with E-state index >= 15 is 0 Å². The number of hydrogen-bond acceptors (Lipinski definition) is 4. The third-order valence-corrected chi connectivity index (χ3v) is 5.16. The summed E-state index contributed by atoms with van der Waals surface area (Å²) in [6.07, 6.45) is 0.680. The minimum absolute atomic E-state index is 0.0485. The molecule has 2 heterocycles. The Morgan fingerprint density at radius 1 is 1.17 bits per heavy atom. The summed E-state index contributed by atoms with van der Waals surface area (Å²) in [5, 5.41) is 7.43. The summed E-state index contributed by atoms with van der Waals surface area (Å²) in [7, 11) is 2.13. The Kier molecular flexibility index (Phi) is 5.21. The molecule has 1 amide bonds. The van der Waals surface area contributed by atoms with Gasteiger partial charge in [-0.15, -0.1) is 0 Å². The number of hydrogen-bond donors (Lipinski definition) is 2. The van der Waals surface area contributed by atoms with Crippen LogP contribution in [-0.2, 0) is 11.2 Å². The molecule has 0 bridgehead atoms. The van der Waals surface area contributed by atoms with Gasteiger partial charge in [0.15, 0.2) is 0 Å². The standard InChI is InChI=1S/C17H25ClN4O/c1-12-15(11-13-3-5-14(18)6-4-13)16(23)20-17(19-12)22-9-7-21(2)8-10-22/h3-6,12,15,17,19H,7-11H2,1-2H3,(H,20,23). The molecule has 126 valence electrons. The fourth-order valence-electron chi connectivity index (χ4n) is 3.30. The molecule has 3 atom stereocenters. The zero-order valence-corrected chi connectivity index (χ0v) is 14.5. The zero-order valence-electron chi connectivity index (χ0n) is 13.8. The highest BCUT2D eigenvalue weighted by atomic mass is 35.5. The van der Waals surface area contributed by atoms with Gasteiger partial charge in [0.2, 0.25) is 5.91 Å². The first-order valence-electron chi connectivity index (χ1n) is 8.26. The number of rotatable bonds is 3. The molecule has 2 N–H and O–H groups in total. The first kappa shape index (κ1) is 16.7. The Morgan fingerprint density at radius 3 is 2.43 bits per heavy atom. The molecule has 3 rings (SSSR count). The van der Waals surface area contributed by atoms with Crippen LogP contribution >= 0.6 is 11.6 Å². The molecule has 5 nitrogen and oxygen atoms in total. The van der Waals surface area contributed by atoms with Crippen molar-refractivity contribution in [2.75, 3.05) is 33.2 Å². The fourth-order valence-corrected chi connectivity index (χ4v) is 3.42. The summed E-state index contributed by atoms with van der Waals surface area (Å²) in [4.78, 5) is 17.2.